The Kier molecular flexibility index (Phi) is 4.33. The summed E-state index contributed by atoms with van der Waals surface area (Å²) in [5.41, 5.74) is 0.934. The molecule has 0 atom stereocenters. The fourth-order valence-corrected chi connectivity index (χ4v) is 4.50. The van der Waals surface area contributed by atoms with Crippen LogP contribution in [0.15, 0.2) is 21.2 Å². The Hall–Kier alpha value is -1.25. The van der Waals surface area contributed by atoms with Gasteiger partial charge in [-0.15, -0.1) is 10.2 Å². The van der Waals surface area contributed by atoms with Crippen LogP contribution in [-0.4, -0.2) is 41.3 Å². The first-order valence-electron chi connectivity index (χ1n) is 7.33. The van der Waals surface area contributed by atoms with E-state index in [9.17, 15) is 8.42 Å². The summed E-state index contributed by atoms with van der Waals surface area (Å²) in [6.07, 6.45) is 1.44. The average Bonchev–Trinajstić information content (AvgIpc) is 3.18. The zero-order valence-corrected chi connectivity index (χ0v) is 14.2. The normalized spacial score (nSPS) is 18.1. The van der Waals surface area contributed by atoms with Crippen molar-refractivity contribution >= 4 is 21.4 Å². The van der Waals surface area contributed by atoms with E-state index in [1.165, 1.54) is 0 Å². The highest BCUT2D eigenvalue weighted by Gasteiger charge is 2.32. The molecule has 1 saturated heterocycles. The Morgan fingerprint density at radius 1 is 1.32 bits per heavy atom. The van der Waals surface area contributed by atoms with Crippen molar-refractivity contribution in [2.45, 2.75) is 37.9 Å². The van der Waals surface area contributed by atoms with Crippen molar-refractivity contribution in [3.05, 3.63) is 22.7 Å². The van der Waals surface area contributed by atoms with Crippen molar-refractivity contribution in [1.29, 1.82) is 0 Å². The van der Waals surface area contributed by atoms with Crippen LogP contribution in [0, 0.1) is 0 Å². The summed E-state index contributed by atoms with van der Waals surface area (Å²) in [5, 5.41) is 11.8. The average molecular weight is 341 g/mol. The lowest BCUT2D eigenvalue weighted by atomic mass is 9.98. The molecule has 0 aromatic carbocycles. The van der Waals surface area contributed by atoms with Crippen molar-refractivity contribution in [2.75, 3.05) is 13.1 Å². The monoisotopic (exact) mass is 341 g/mol. The van der Waals surface area contributed by atoms with Crippen molar-refractivity contribution in [3.63, 3.8) is 0 Å². The molecule has 120 valence electrons. The van der Waals surface area contributed by atoms with Crippen LogP contribution in [0.4, 0.5) is 0 Å². The van der Waals surface area contributed by atoms with Gasteiger partial charge in [0.15, 0.2) is 0 Å². The predicted molar refractivity (Wildman–Crippen MR) is 85.2 cm³/mol. The van der Waals surface area contributed by atoms with E-state index in [0.717, 1.165) is 18.4 Å². The van der Waals surface area contributed by atoms with Crippen molar-refractivity contribution in [3.8, 4) is 11.5 Å². The van der Waals surface area contributed by atoms with Gasteiger partial charge in [0, 0.05) is 30.0 Å². The lowest BCUT2D eigenvalue weighted by molar-refractivity contribution is 0.290. The van der Waals surface area contributed by atoms with Crippen LogP contribution in [0.5, 0.6) is 0 Å². The second kappa shape index (κ2) is 6.10. The standard InChI is InChI=1S/C14H19N3O3S2/c1-10(2)22(18,19)17-6-3-11(4-7-17)13-15-16-14(20-13)12-5-8-21-9-12/h5,8-11H,3-4,6-7H2,1-2H3. The van der Waals surface area contributed by atoms with E-state index < -0.39 is 10.0 Å². The lowest BCUT2D eigenvalue weighted by Gasteiger charge is -2.30. The molecule has 0 bridgehead atoms. The first kappa shape index (κ1) is 15.6. The van der Waals surface area contributed by atoms with Crippen LogP contribution in [0.25, 0.3) is 11.5 Å². The predicted octanol–water partition coefficient (Wildman–Crippen LogP) is 2.72. The van der Waals surface area contributed by atoms with Crippen LogP contribution in [0.2, 0.25) is 0 Å². The first-order chi connectivity index (χ1) is 10.5. The van der Waals surface area contributed by atoms with Crippen LogP contribution in [0.3, 0.4) is 0 Å². The Balaban J connectivity index is 1.67. The lowest BCUT2D eigenvalue weighted by Crippen LogP contribution is -2.41. The van der Waals surface area contributed by atoms with Gasteiger partial charge in [0.05, 0.1) is 5.25 Å². The quantitative estimate of drug-likeness (QED) is 0.854. The summed E-state index contributed by atoms with van der Waals surface area (Å²) in [6, 6.07) is 1.94. The molecule has 0 spiro atoms. The molecule has 0 aliphatic carbocycles. The molecule has 0 radical (unpaired) electrons. The molecule has 0 saturated carbocycles. The number of rotatable bonds is 4. The molecule has 8 heteroatoms. The molecule has 1 aliphatic rings. The number of thiophene rings is 1. The Bertz CT molecular complexity index is 714. The second-order valence-corrected chi connectivity index (χ2v) is 8.99. The van der Waals surface area contributed by atoms with Gasteiger partial charge < -0.3 is 4.42 Å². The fourth-order valence-electron chi connectivity index (χ4n) is 2.56. The Morgan fingerprint density at radius 3 is 2.64 bits per heavy atom. The fraction of sp³-hybridized carbons (Fsp3) is 0.571. The minimum atomic E-state index is -3.17. The molecule has 3 rings (SSSR count). The summed E-state index contributed by atoms with van der Waals surface area (Å²) in [4.78, 5) is 0. The van der Waals surface area contributed by atoms with Gasteiger partial charge in [0.25, 0.3) is 0 Å². The topological polar surface area (TPSA) is 76.3 Å². The van der Waals surface area contributed by atoms with Crippen LogP contribution < -0.4 is 0 Å². The van der Waals surface area contributed by atoms with Gasteiger partial charge in [-0.25, -0.2) is 12.7 Å². The molecule has 1 fully saturated rings. The maximum atomic E-state index is 12.2. The maximum Gasteiger partial charge on any atom is 0.248 e. The number of aromatic nitrogens is 2. The molecule has 2 aromatic rings. The van der Waals surface area contributed by atoms with Gasteiger partial charge >= 0.3 is 0 Å². The Morgan fingerprint density at radius 2 is 2.05 bits per heavy atom. The molecule has 6 nitrogen and oxygen atoms in total. The van der Waals surface area contributed by atoms with Gasteiger partial charge in [-0.3, -0.25) is 0 Å². The third kappa shape index (κ3) is 2.95. The molecule has 22 heavy (non-hydrogen) atoms. The molecular formula is C14H19N3O3S2. The molecule has 3 heterocycles. The molecule has 0 unspecified atom stereocenters. The van der Waals surface area contributed by atoms with Crippen molar-refractivity contribution in [1.82, 2.24) is 14.5 Å². The number of piperidine rings is 1. The second-order valence-electron chi connectivity index (χ2n) is 5.72. The van der Waals surface area contributed by atoms with Crippen molar-refractivity contribution < 1.29 is 12.8 Å². The highest BCUT2D eigenvalue weighted by molar-refractivity contribution is 7.89. The number of nitrogens with zero attached hydrogens (tertiary/aromatic N) is 3. The highest BCUT2D eigenvalue weighted by Crippen LogP contribution is 2.31. The zero-order valence-electron chi connectivity index (χ0n) is 12.6. The number of sulfonamides is 1. The van der Waals surface area contributed by atoms with Gasteiger partial charge in [0.1, 0.15) is 0 Å². The smallest absolute Gasteiger partial charge is 0.248 e. The number of hydrogen-bond acceptors (Lipinski definition) is 6. The summed E-state index contributed by atoms with van der Waals surface area (Å²) in [6.45, 7) is 4.46. The SMILES string of the molecule is CC(C)S(=O)(=O)N1CCC(c2nnc(-c3ccsc3)o2)CC1. The molecular weight excluding hydrogens is 322 g/mol. The highest BCUT2D eigenvalue weighted by atomic mass is 32.2. The molecule has 2 aromatic heterocycles. The van der Waals surface area contributed by atoms with Gasteiger partial charge in [-0.2, -0.15) is 11.3 Å². The first-order valence-corrected chi connectivity index (χ1v) is 9.78. The molecule has 0 amide bonds. The van der Waals surface area contributed by atoms with E-state index in [1.54, 1.807) is 29.5 Å². The van der Waals surface area contributed by atoms with Gasteiger partial charge in [-0.05, 0) is 38.1 Å². The van der Waals surface area contributed by atoms with E-state index in [4.69, 9.17) is 4.42 Å². The van der Waals surface area contributed by atoms with Crippen LogP contribution in [0.1, 0.15) is 38.5 Å². The summed E-state index contributed by atoms with van der Waals surface area (Å²) in [5.74, 6) is 1.29. The molecule has 1 aliphatic heterocycles. The summed E-state index contributed by atoms with van der Waals surface area (Å²) >= 11 is 1.58. The van der Waals surface area contributed by atoms with E-state index in [1.807, 2.05) is 16.8 Å². The summed E-state index contributed by atoms with van der Waals surface area (Å²) in [7, 11) is -3.17. The van der Waals surface area contributed by atoms with Gasteiger partial charge in [0.2, 0.25) is 21.8 Å². The number of hydrogen-bond donors (Lipinski definition) is 0. The zero-order chi connectivity index (χ0) is 15.7. The Labute approximate surface area is 134 Å². The third-order valence-corrected chi connectivity index (χ3v) is 6.93. The molecule has 0 N–H and O–H groups in total. The minimum absolute atomic E-state index is 0.137. The third-order valence-electron chi connectivity index (χ3n) is 3.97. The minimum Gasteiger partial charge on any atom is -0.420 e. The largest absolute Gasteiger partial charge is 0.420 e. The van der Waals surface area contributed by atoms with Crippen LogP contribution in [-0.2, 0) is 10.0 Å². The van der Waals surface area contributed by atoms with E-state index in [2.05, 4.69) is 10.2 Å². The van der Waals surface area contributed by atoms with E-state index >= 15 is 0 Å². The maximum absolute atomic E-state index is 12.2. The van der Waals surface area contributed by atoms with E-state index in [0.29, 0.717) is 24.9 Å². The summed E-state index contributed by atoms with van der Waals surface area (Å²) < 4.78 is 31.7. The van der Waals surface area contributed by atoms with Crippen LogP contribution >= 0.6 is 11.3 Å². The van der Waals surface area contributed by atoms with Gasteiger partial charge in [-0.1, -0.05) is 0 Å². The van der Waals surface area contributed by atoms with E-state index in [-0.39, 0.29) is 11.2 Å². The van der Waals surface area contributed by atoms with Crippen molar-refractivity contribution in [2.24, 2.45) is 0 Å².